The molecule has 2 rings (SSSR count). The SMILES string of the molecule is [C]1=NOC2OCCCC12. The third-order valence-corrected chi connectivity index (χ3v) is 1.65. The van der Waals surface area contributed by atoms with E-state index in [1.165, 1.54) is 0 Å². The van der Waals surface area contributed by atoms with Crippen LogP contribution >= 0.6 is 0 Å². The Morgan fingerprint density at radius 2 is 2.56 bits per heavy atom. The van der Waals surface area contributed by atoms with Crippen LogP contribution in [0.15, 0.2) is 5.16 Å². The monoisotopic (exact) mass is 126 g/mol. The Labute approximate surface area is 53.6 Å². The molecule has 1 fully saturated rings. The van der Waals surface area contributed by atoms with Gasteiger partial charge in [0.25, 0.3) is 0 Å². The van der Waals surface area contributed by atoms with Crippen molar-refractivity contribution in [1.82, 2.24) is 0 Å². The van der Waals surface area contributed by atoms with Gasteiger partial charge in [-0.3, -0.25) is 0 Å². The van der Waals surface area contributed by atoms with Gasteiger partial charge in [0.05, 0.1) is 12.5 Å². The zero-order valence-electron chi connectivity index (χ0n) is 5.04. The largest absolute Gasteiger partial charge is 0.363 e. The number of nitrogens with zero attached hydrogens (tertiary/aromatic N) is 1. The molecule has 0 N–H and O–H groups in total. The number of ether oxygens (including phenoxy) is 1. The van der Waals surface area contributed by atoms with Gasteiger partial charge in [0.2, 0.25) is 6.29 Å². The average molecular weight is 126 g/mol. The van der Waals surface area contributed by atoms with E-state index in [9.17, 15) is 0 Å². The van der Waals surface area contributed by atoms with E-state index < -0.39 is 0 Å². The van der Waals surface area contributed by atoms with E-state index in [1.807, 2.05) is 0 Å². The standard InChI is InChI=1S/C6H8NO2/c1-2-5-4-7-9-6(5)8-3-1/h5-6H,1-3H2. The lowest BCUT2D eigenvalue weighted by molar-refractivity contribution is -0.162. The van der Waals surface area contributed by atoms with E-state index in [1.54, 1.807) is 0 Å². The number of rotatable bonds is 0. The molecule has 0 amide bonds. The van der Waals surface area contributed by atoms with E-state index in [0.717, 1.165) is 19.4 Å². The molecule has 2 heterocycles. The molecular formula is C6H8NO2. The number of fused-ring (bicyclic) bond motifs is 1. The summed E-state index contributed by atoms with van der Waals surface area (Å²) in [5.41, 5.74) is 0. The topological polar surface area (TPSA) is 30.8 Å². The van der Waals surface area contributed by atoms with Gasteiger partial charge in [-0.2, -0.15) is 0 Å². The number of hydrogen-bond donors (Lipinski definition) is 0. The molecular weight excluding hydrogens is 118 g/mol. The smallest absolute Gasteiger partial charge is 0.235 e. The van der Waals surface area contributed by atoms with Crippen LogP contribution in [0.1, 0.15) is 12.8 Å². The van der Waals surface area contributed by atoms with Gasteiger partial charge in [-0.05, 0) is 12.8 Å². The van der Waals surface area contributed by atoms with Crippen LogP contribution in [0.3, 0.4) is 0 Å². The molecule has 2 aliphatic rings. The molecule has 2 aliphatic heterocycles. The lowest BCUT2D eigenvalue weighted by Gasteiger charge is -2.20. The molecule has 0 saturated carbocycles. The van der Waals surface area contributed by atoms with E-state index in [-0.39, 0.29) is 6.29 Å². The second kappa shape index (κ2) is 1.99. The Morgan fingerprint density at radius 1 is 1.56 bits per heavy atom. The molecule has 9 heavy (non-hydrogen) atoms. The zero-order chi connectivity index (χ0) is 6.10. The summed E-state index contributed by atoms with van der Waals surface area (Å²) >= 11 is 0. The lowest BCUT2D eigenvalue weighted by atomic mass is 10.0. The van der Waals surface area contributed by atoms with E-state index in [2.05, 4.69) is 11.4 Å². The van der Waals surface area contributed by atoms with Gasteiger partial charge in [0, 0.05) is 0 Å². The van der Waals surface area contributed by atoms with Crippen molar-refractivity contribution in [2.24, 2.45) is 11.1 Å². The molecule has 2 atom stereocenters. The molecule has 1 radical (unpaired) electrons. The van der Waals surface area contributed by atoms with Crippen molar-refractivity contribution in [2.45, 2.75) is 19.1 Å². The van der Waals surface area contributed by atoms with Crippen LogP contribution in [-0.2, 0) is 9.57 Å². The maximum Gasteiger partial charge on any atom is 0.235 e. The molecule has 0 aromatic heterocycles. The number of hydrogen-bond acceptors (Lipinski definition) is 3. The van der Waals surface area contributed by atoms with E-state index >= 15 is 0 Å². The van der Waals surface area contributed by atoms with E-state index in [4.69, 9.17) is 9.57 Å². The van der Waals surface area contributed by atoms with Crippen molar-refractivity contribution in [1.29, 1.82) is 0 Å². The third kappa shape index (κ3) is 0.812. The van der Waals surface area contributed by atoms with Crippen molar-refractivity contribution in [2.75, 3.05) is 6.61 Å². The first kappa shape index (κ1) is 5.23. The summed E-state index contributed by atoms with van der Waals surface area (Å²) in [6, 6.07) is 0. The Balaban J connectivity index is 2.03. The van der Waals surface area contributed by atoms with Gasteiger partial charge in [0.15, 0.2) is 0 Å². The first-order chi connectivity index (χ1) is 4.47. The minimum atomic E-state index is -0.112. The Hall–Kier alpha value is -0.570. The van der Waals surface area contributed by atoms with Crippen molar-refractivity contribution < 1.29 is 9.57 Å². The highest BCUT2D eigenvalue weighted by atomic mass is 16.8. The second-order valence-corrected chi connectivity index (χ2v) is 2.31. The minimum Gasteiger partial charge on any atom is -0.363 e. The quantitative estimate of drug-likeness (QED) is 0.476. The molecule has 3 heteroatoms. The van der Waals surface area contributed by atoms with Crippen LogP contribution in [-0.4, -0.2) is 19.1 Å². The summed E-state index contributed by atoms with van der Waals surface area (Å²) in [5.74, 6) is 0.304. The summed E-state index contributed by atoms with van der Waals surface area (Å²) in [4.78, 5) is 4.85. The zero-order valence-corrected chi connectivity index (χ0v) is 5.04. The summed E-state index contributed by atoms with van der Waals surface area (Å²) < 4.78 is 5.22. The fourth-order valence-corrected chi connectivity index (χ4v) is 1.13. The van der Waals surface area contributed by atoms with E-state index in [0.29, 0.717) is 5.92 Å². The molecule has 2 unspecified atom stereocenters. The van der Waals surface area contributed by atoms with Crippen LogP contribution in [0.5, 0.6) is 0 Å². The lowest BCUT2D eigenvalue weighted by Crippen LogP contribution is -2.27. The van der Waals surface area contributed by atoms with Crippen LogP contribution in [0.25, 0.3) is 0 Å². The predicted octanol–water partition coefficient (Wildman–Crippen LogP) is 0.632. The van der Waals surface area contributed by atoms with Crippen molar-refractivity contribution in [3.8, 4) is 0 Å². The van der Waals surface area contributed by atoms with Gasteiger partial charge < -0.3 is 9.57 Å². The van der Waals surface area contributed by atoms with Gasteiger partial charge >= 0.3 is 0 Å². The Kier molecular flexibility index (Phi) is 1.16. The Bertz CT molecular complexity index is 135. The average Bonchev–Trinajstić information content (AvgIpc) is 2.33. The summed E-state index contributed by atoms with van der Waals surface area (Å²) in [7, 11) is 0. The minimum absolute atomic E-state index is 0.112. The maximum atomic E-state index is 5.22. The first-order valence-electron chi connectivity index (χ1n) is 3.20. The highest BCUT2D eigenvalue weighted by molar-refractivity contribution is 5.62. The van der Waals surface area contributed by atoms with Gasteiger partial charge in [-0.1, -0.05) is 5.16 Å². The fraction of sp³-hybridized carbons (Fsp3) is 0.833. The molecule has 0 aromatic rings. The van der Waals surface area contributed by atoms with Crippen LogP contribution in [0, 0.1) is 5.92 Å². The molecule has 0 bridgehead atoms. The maximum absolute atomic E-state index is 5.22. The highest BCUT2D eigenvalue weighted by Crippen LogP contribution is 2.23. The molecule has 0 aromatic carbocycles. The molecule has 49 valence electrons. The van der Waals surface area contributed by atoms with Crippen LogP contribution < -0.4 is 0 Å². The molecule has 0 aliphatic carbocycles. The normalized spacial score (nSPS) is 40.0. The molecule has 3 nitrogen and oxygen atoms in total. The Morgan fingerprint density at radius 3 is 3.44 bits per heavy atom. The van der Waals surface area contributed by atoms with Gasteiger partial charge in [0.1, 0.15) is 6.21 Å². The van der Waals surface area contributed by atoms with Crippen LogP contribution in [0.4, 0.5) is 0 Å². The summed E-state index contributed by atoms with van der Waals surface area (Å²) in [6.07, 6.45) is 4.93. The van der Waals surface area contributed by atoms with Crippen LogP contribution in [0.2, 0.25) is 0 Å². The van der Waals surface area contributed by atoms with Crippen molar-refractivity contribution in [3.05, 3.63) is 0 Å². The highest BCUT2D eigenvalue weighted by Gasteiger charge is 2.30. The fourth-order valence-electron chi connectivity index (χ4n) is 1.13. The summed E-state index contributed by atoms with van der Waals surface area (Å²) in [6.45, 7) is 0.804. The molecule has 1 saturated heterocycles. The third-order valence-electron chi connectivity index (χ3n) is 1.65. The predicted molar refractivity (Wildman–Crippen MR) is 31.0 cm³/mol. The summed E-state index contributed by atoms with van der Waals surface area (Å²) in [5, 5.41) is 3.55. The first-order valence-corrected chi connectivity index (χ1v) is 3.20. The van der Waals surface area contributed by atoms with Crippen molar-refractivity contribution in [3.63, 3.8) is 0 Å². The van der Waals surface area contributed by atoms with Gasteiger partial charge in [-0.25, -0.2) is 0 Å². The second-order valence-electron chi connectivity index (χ2n) is 2.31. The van der Waals surface area contributed by atoms with Gasteiger partial charge in [-0.15, -0.1) is 0 Å². The van der Waals surface area contributed by atoms with Crippen molar-refractivity contribution >= 4 is 6.21 Å². The molecule has 0 spiro atoms.